The summed E-state index contributed by atoms with van der Waals surface area (Å²) in [4.78, 5) is 12.8. The molecule has 2 aromatic carbocycles. The van der Waals surface area contributed by atoms with E-state index in [2.05, 4.69) is 0 Å². The van der Waals surface area contributed by atoms with Crippen molar-refractivity contribution < 1.29 is 55.5 Å². The number of ether oxygens (including phenoxy) is 1. The van der Waals surface area contributed by atoms with Crippen molar-refractivity contribution in [1.82, 2.24) is 0 Å². The number of carbonyl (C=O) groups excluding carboxylic acids is 1. The number of rotatable bonds is 4. The van der Waals surface area contributed by atoms with Gasteiger partial charge in [0.2, 0.25) is 5.78 Å². The van der Waals surface area contributed by atoms with Crippen LogP contribution in [0, 0.1) is 0 Å². The number of aliphatic hydroxyl groups excluding tert-OH is 4. The molecule has 5 atom stereocenters. The maximum Gasteiger partial charge on any atom is 0.200 e. The summed E-state index contributed by atoms with van der Waals surface area (Å²) in [6.45, 7) is -0.764. The van der Waals surface area contributed by atoms with Gasteiger partial charge in [0.15, 0.2) is 11.5 Å². The van der Waals surface area contributed by atoms with Gasteiger partial charge in [-0.3, -0.25) is 4.79 Å². The monoisotopic (exact) mass is 424 g/mol. The van der Waals surface area contributed by atoms with Crippen LogP contribution in [0.25, 0.3) is 0 Å². The van der Waals surface area contributed by atoms with Gasteiger partial charge in [-0.1, -0.05) is 0 Å². The minimum Gasteiger partial charge on any atom is -0.507 e. The number of phenolic OH excluding ortho intramolecular Hbond substituents is 5. The van der Waals surface area contributed by atoms with E-state index in [1.54, 1.807) is 0 Å². The number of hydrogen-bond donors (Lipinski definition) is 9. The molecule has 0 bridgehead atoms. The van der Waals surface area contributed by atoms with Crippen LogP contribution in [0.5, 0.6) is 28.7 Å². The zero-order valence-corrected chi connectivity index (χ0v) is 15.2. The lowest BCUT2D eigenvalue weighted by Crippen LogP contribution is -2.55. The van der Waals surface area contributed by atoms with Gasteiger partial charge < -0.3 is 50.7 Å². The van der Waals surface area contributed by atoms with Crippen molar-refractivity contribution >= 4 is 5.78 Å². The molecule has 1 aliphatic rings. The molecule has 30 heavy (non-hydrogen) atoms. The molecule has 0 saturated carbocycles. The first kappa shape index (κ1) is 21.6. The average molecular weight is 424 g/mol. The molecule has 0 aromatic heterocycles. The molecule has 9 N–H and O–H groups in total. The zero-order chi connectivity index (χ0) is 22.3. The van der Waals surface area contributed by atoms with Crippen LogP contribution in [0.3, 0.4) is 0 Å². The molecular weight excluding hydrogens is 404 g/mol. The number of aliphatic hydroxyl groups is 4. The summed E-state index contributed by atoms with van der Waals surface area (Å²) in [5, 5.41) is 89.3. The third kappa shape index (κ3) is 3.49. The van der Waals surface area contributed by atoms with Crippen LogP contribution >= 0.6 is 0 Å². The van der Waals surface area contributed by atoms with Gasteiger partial charge in [-0.15, -0.1) is 0 Å². The summed E-state index contributed by atoms with van der Waals surface area (Å²) in [6.07, 6.45) is -8.41. The molecule has 0 aliphatic carbocycles. The molecule has 162 valence electrons. The van der Waals surface area contributed by atoms with E-state index in [9.17, 15) is 50.8 Å². The first-order valence-corrected chi connectivity index (χ1v) is 8.73. The Morgan fingerprint density at radius 2 is 1.50 bits per heavy atom. The highest BCUT2D eigenvalue weighted by Crippen LogP contribution is 2.46. The van der Waals surface area contributed by atoms with Gasteiger partial charge in [0.1, 0.15) is 53.3 Å². The first-order chi connectivity index (χ1) is 14.1. The molecule has 3 unspecified atom stereocenters. The SMILES string of the molecule is O=C(c1ccc(O)c(O)c1)c1c(O)cc(O)c(C2OC(CO)C(O)[C@H](O)[C@@H]2O)c1O. The van der Waals surface area contributed by atoms with Gasteiger partial charge >= 0.3 is 0 Å². The van der Waals surface area contributed by atoms with Crippen LogP contribution < -0.4 is 0 Å². The Kier molecular flexibility index (Phi) is 5.74. The molecule has 1 aliphatic heterocycles. The summed E-state index contributed by atoms with van der Waals surface area (Å²) in [7, 11) is 0. The van der Waals surface area contributed by atoms with Crippen molar-refractivity contribution in [2.45, 2.75) is 30.5 Å². The van der Waals surface area contributed by atoms with Gasteiger partial charge in [-0.25, -0.2) is 0 Å². The number of benzene rings is 2. The summed E-state index contributed by atoms with van der Waals surface area (Å²) < 4.78 is 5.30. The Morgan fingerprint density at radius 1 is 0.833 bits per heavy atom. The van der Waals surface area contributed by atoms with Crippen LogP contribution in [0.1, 0.15) is 27.6 Å². The maximum atomic E-state index is 12.8. The molecule has 11 heteroatoms. The van der Waals surface area contributed by atoms with E-state index in [1.165, 1.54) is 0 Å². The van der Waals surface area contributed by atoms with Crippen LogP contribution in [0.4, 0.5) is 0 Å². The van der Waals surface area contributed by atoms with E-state index in [0.717, 1.165) is 18.2 Å². The molecule has 1 heterocycles. The zero-order valence-electron chi connectivity index (χ0n) is 15.2. The van der Waals surface area contributed by atoms with Crippen LogP contribution in [0.2, 0.25) is 0 Å². The molecule has 1 fully saturated rings. The topological polar surface area (TPSA) is 208 Å². The van der Waals surface area contributed by atoms with Crippen LogP contribution in [-0.2, 0) is 4.74 Å². The third-order valence-corrected chi connectivity index (χ3v) is 4.94. The molecule has 2 aromatic rings. The van der Waals surface area contributed by atoms with Gasteiger partial charge in [0, 0.05) is 11.6 Å². The Balaban J connectivity index is 2.11. The maximum absolute atomic E-state index is 12.8. The van der Waals surface area contributed by atoms with Crippen molar-refractivity contribution in [3.05, 3.63) is 41.0 Å². The third-order valence-electron chi connectivity index (χ3n) is 4.94. The number of ketones is 1. The largest absolute Gasteiger partial charge is 0.507 e. The summed E-state index contributed by atoms with van der Waals surface area (Å²) in [5.41, 5.74) is -1.53. The lowest BCUT2D eigenvalue weighted by atomic mass is 9.88. The van der Waals surface area contributed by atoms with Crippen LogP contribution in [0.15, 0.2) is 24.3 Å². The first-order valence-electron chi connectivity index (χ1n) is 8.73. The standard InChI is InChI=1S/C19H20O11/c20-5-11-15(26)17(28)18(29)19(30-11)13-10(24)4-9(23)12(16(13)27)14(25)6-1-2-7(21)8(22)3-6/h1-4,11,15,17-24,26-29H,5H2/t11?,15?,17-,18-,19?/m0/s1. The van der Waals surface area contributed by atoms with E-state index in [0.29, 0.717) is 6.07 Å². The quantitative estimate of drug-likeness (QED) is 0.214. The molecule has 11 nitrogen and oxygen atoms in total. The van der Waals surface area contributed by atoms with Gasteiger partial charge in [0.05, 0.1) is 12.2 Å². The Morgan fingerprint density at radius 3 is 2.10 bits per heavy atom. The van der Waals surface area contributed by atoms with Crippen molar-refractivity contribution in [3.8, 4) is 28.7 Å². The fourth-order valence-electron chi connectivity index (χ4n) is 3.31. The highest BCUT2D eigenvalue weighted by molar-refractivity contribution is 6.13. The number of hydrogen-bond acceptors (Lipinski definition) is 11. The van der Waals surface area contributed by atoms with E-state index in [4.69, 9.17) is 4.74 Å². The van der Waals surface area contributed by atoms with E-state index >= 15 is 0 Å². The normalized spacial score (nSPS) is 26.5. The summed E-state index contributed by atoms with van der Waals surface area (Å²) in [5.74, 6) is -4.77. The van der Waals surface area contributed by atoms with Crippen molar-refractivity contribution in [2.75, 3.05) is 6.61 Å². The second kappa shape index (κ2) is 7.97. The fraction of sp³-hybridized carbons (Fsp3) is 0.316. The molecule has 0 spiro atoms. The van der Waals surface area contributed by atoms with Crippen LogP contribution in [-0.4, -0.2) is 82.8 Å². The molecular formula is C19H20O11. The van der Waals surface area contributed by atoms with Crippen molar-refractivity contribution in [3.63, 3.8) is 0 Å². The predicted molar refractivity (Wildman–Crippen MR) is 97.4 cm³/mol. The average Bonchev–Trinajstić information content (AvgIpc) is 2.69. The minimum absolute atomic E-state index is 0.235. The fourth-order valence-corrected chi connectivity index (χ4v) is 3.31. The molecule has 3 rings (SSSR count). The van der Waals surface area contributed by atoms with Gasteiger partial charge in [-0.2, -0.15) is 0 Å². The Hall–Kier alpha value is -3.09. The lowest BCUT2D eigenvalue weighted by molar-refractivity contribution is -0.232. The Labute approximate surface area is 168 Å². The van der Waals surface area contributed by atoms with Crippen molar-refractivity contribution in [1.29, 1.82) is 0 Å². The van der Waals surface area contributed by atoms with E-state index in [1.807, 2.05) is 0 Å². The minimum atomic E-state index is -1.87. The highest BCUT2D eigenvalue weighted by atomic mass is 16.5. The second-order valence-corrected chi connectivity index (χ2v) is 6.83. The second-order valence-electron chi connectivity index (χ2n) is 6.83. The van der Waals surface area contributed by atoms with E-state index in [-0.39, 0.29) is 5.56 Å². The number of phenols is 5. The van der Waals surface area contributed by atoms with E-state index < -0.39 is 82.8 Å². The lowest BCUT2D eigenvalue weighted by Gasteiger charge is -2.40. The molecule has 0 amide bonds. The highest BCUT2D eigenvalue weighted by Gasteiger charge is 2.46. The molecule has 1 saturated heterocycles. The summed E-state index contributed by atoms with van der Waals surface area (Å²) in [6, 6.07) is 3.70. The predicted octanol–water partition coefficient (Wildman–Crippen LogP) is -1.04. The smallest absolute Gasteiger partial charge is 0.200 e. The number of carbonyl (C=O) groups is 1. The summed E-state index contributed by atoms with van der Waals surface area (Å²) >= 11 is 0. The van der Waals surface area contributed by atoms with Gasteiger partial charge in [-0.05, 0) is 18.2 Å². The van der Waals surface area contributed by atoms with Gasteiger partial charge in [0.25, 0.3) is 0 Å². The Bertz CT molecular complexity index is 971. The molecule has 0 radical (unpaired) electrons. The number of aromatic hydroxyl groups is 5. The van der Waals surface area contributed by atoms with Crippen molar-refractivity contribution in [2.24, 2.45) is 0 Å².